The first-order valence-electron chi connectivity index (χ1n) is 7.66. The number of carbonyl (C=O) groups is 2. The summed E-state index contributed by atoms with van der Waals surface area (Å²) in [6.07, 6.45) is -1.05. The van der Waals surface area contributed by atoms with Crippen molar-refractivity contribution in [3.63, 3.8) is 0 Å². The normalized spacial score (nSPS) is 10.7. The van der Waals surface area contributed by atoms with Crippen molar-refractivity contribution < 1.29 is 19.1 Å². The van der Waals surface area contributed by atoms with Crippen LogP contribution in [-0.4, -0.2) is 24.6 Å². The lowest BCUT2D eigenvalue weighted by Gasteiger charge is -2.14. The molecule has 0 heterocycles. The molecule has 0 fully saturated rings. The topological polar surface area (TPSA) is 112 Å². The Balaban J connectivity index is 1.87. The first-order valence-corrected chi connectivity index (χ1v) is 7.66. The number of para-hydroxylation sites is 1. The van der Waals surface area contributed by atoms with E-state index in [-0.39, 0.29) is 5.75 Å². The zero-order valence-corrected chi connectivity index (χ0v) is 13.9. The van der Waals surface area contributed by atoms with Crippen molar-refractivity contribution >= 4 is 17.6 Å². The highest BCUT2D eigenvalue weighted by atomic mass is 16.6. The summed E-state index contributed by atoms with van der Waals surface area (Å²) >= 11 is 0. The van der Waals surface area contributed by atoms with Crippen molar-refractivity contribution in [2.24, 2.45) is 0 Å². The Morgan fingerprint density at radius 3 is 2.62 bits per heavy atom. The van der Waals surface area contributed by atoms with Gasteiger partial charge in [-0.1, -0.05) is 18.2 Å². The number of anilines is 1. The molecule has 1 unspecified atom stereocenters. The molecule has 130 valence electrons. The van der Waals surface area contributed by atoms with E-state index in [1.54, 1.807) is 42.5 Å². The monoisotopic (exact) mass is 349 g/mol. The lowest BCUT2D eigenvalue weighted by molar-refractivity contribution is -0.155. The second kappa shape index (κ2) is 8.86. The molecule has 0 aromatic heterocycles. The Morgan fingerprint density at radius 1 is 1.12 bits per heavy atom. The molecule has 2 rings (SSSR count). The molecule has 0 spiro atoms. The van der Waals surface area contributed by atoms with E-state index in [0.29, 0.717) is 16.8 Å². The largest absolute Gasteiger partial charge is 0.481 e. The summed E-state index contributed by atoms with van der Waals surface area (Å²) in [4.78, 5) is 23.9. The maximum atomic E-state index is 12.1. The van der Waals surface area contributed by atoms with Gasteiger partial charge in [-0.05, 0) is 37.3 Å². The fourth-order valence-electron chi connectivity index (χ4n) is 2.02. The van der Waals surface area contributed by atoms with E-state index in [9.17, 15) is 9.59 Å². The molecule has 1 atom stereocenters. The second-order valence-corrected chi connectivity index (χ2v) is 5.21. The van der Waals surface area contributed by atoms with Gasteiger partial charge in [-0.25, -0.2) is 4.79 Å². The summed E-state index contributed by atoms with van der Waals surface area (Å²) < 4.78 is 10.3. The van der Waals surface area contributed by atoms with Gasteiger partial charge in [-0.15, -0.1) is 0 Å². The third kappa shape index (κ3) is 5.08. The number of rotatable bonds is 6. The van der Waals surface area contributed by atoms with E-state index < -0.39 is 24.6 Å². The van der Waals surface area contributed by atoms with Gasteiger partial charge in [0.25, 0.3) is 5.91 Å². The van der Waals surface area contributed by atoms with Crippen molar-refractivity contribution in [1.82, 2.24) is 0 Å². The summed E-state index contributed by atoms with van der Waals surface area (Å²) in [6.45, 7) is 0.991. The van der Waals surface area contributed by atoms with Crippen LogP contribution >= 0.6 is 0 Å². The third-order valence-corrected chi connectivity index (χ3v) is 3.29. The van der Waals surface area contributed by atoms with E-state index in [1.165, 1.54) is 13.0 Å². The molecule has 0 saturated carbocycles. The average molecular weight is 349 g/mol. The van der Waals surface area contributed by atoms with Crippen LogP contribution in [0.5, 0.6) is 5.75 Å². The summed E-state index contributed by atoms with van der Waals surface area (Å²) in [7, 11) is 0. The number of nitrogens with zero attached hydrogens (tertiary/aromatic N) is 2. The van der Waals surface area contributed by atoms with Gasteiger partial charge in [-0.2, -0.15) is 10.5 Å². The van der Waals surface area contributed by atoms with E-state index >= 15 is 0 Å². The van der Waals surface area contributed by atoms with E-state index in [0.717, 1.165) is 0 Å². The quantitative estimate of drug-likeness (QED) is 0.801. The fraction of sp³-hybridized carbons (Fsp3) is 0.158. The standard InChI is InChI=1S/C19H15N3O4/c1-13(19(24)22-16-7-4-5-14(9-16)10-20)26-18(23)12-25-17-8-3-2-6-15(17)11-21/h2-9,13H,12H2,1H3,(H,22,24). The number of benzene rings is 2. The van der Waals surface area contributed by atoms with Gasteiger partial charge in [-0.3, -0.25) is 4.79 Å². The molecule has 0 aliphatic heterocycles. The van der Waals surface area contributed by atoms with Crippen LogP contribution in [0.25, 0.3) is 0 Å². The lowest BCUT2D eigenvalue weighted by atomic mass is 10.2. The zero-order chi connectivity index (χ0) is 18.9. The van der Waals surface area contributed by atoms with Gasteiger partial charge >= 0.3 is 5.97 Å². The predicted molar refractivity (Wildman–Crippen MR) is 92.0 cm³/mol. The minimum Gasteiger partial charge on any atom is -0.481 e. The number of ether oxygens (including phenoxy) is 2. The number of nitrogens with one attached hydrogen (secondary N) is 1. The molecular weight excluding hydrogens is 334 g/mol. The van der Waals surface area contributed by atoms with Crippen LogP contribution in [0.15, 0.2) is 48.5 Å². The number of hydrogen-bond acceptors (Lipinski definition) is 6. The van der Waals surface area contributed by atoms with Crippen molar-refractivity contribution in [2.75, 3.05) is 11.9 Å². The average Bonchev–Trinajstić information content (AvgIpc) is 2.66. The van der Waals surface area contributed by atoms with Crippen LogP contribution < -0.4 is 10.1 Å². The Hall–Kier alpha value is -3.84. The molecule has 26 heavy (non-hydrogen) atoms. The highest BCUT2D eigenvalue weighted by Crippen LogP contribution is 2.16. The molecule has 0 bridgehead atoms. The molecular formula is C19H15N3O4. The molecule has 7 nitrogen and oxygen atoms in total. The molecule has 2 aromatic carbocycles. The van der Waals surface area contributed by atoms with E-state index in [4.69, 9.17) is 20.0 Å². The van der Waals surface area contributed by atoms with Crippen LogP contribution in [0.2, 0.25) is 0 Å². The van der Waals surface area contributed by atoms with Crippen molar-refractivity contribution in [1.29, 1.82) is 10.5 Å². The van der Waals surface area contributed by atoms with Gasteiger partial charge in [0.1, 0.15) is 11.8 Å². The Kier molecular flexibility index (Phi) is 6.30. The smallest absolute Gasteiger partial charge is 0.344 e. The summed E-state index contributed by atoms with van der Waals surface area (Å²) in [6, 6.07) is 16.8. The number of nitriles is 2. The van der Waals surface area contributed by atoms with Crippen LogP contribution in [0.4, 0.5) is 5.69 Å². The van der Waals surface area contributed by atoms with Crippen molar-refractivity contribution in [3.05, 3.63) is 59.7 Å². The molecule has 0 radical (unpaired) electrons. The summed E-state index contributed by atoms with van der Waals surface area (Å²) in [5, 5.41) is 20.4. The highest BCUT2D eigenvalue weighted by molar-refractivity contribution is 5.95. The maximum absolute atomic E-state index is 12.1. The van der Waals surface area contributed by atoms with Crippen LogP contribution in [-0.2, 0) is 14.3 Å². The SMILES string of the molecule is CC(OC(=O)COc1ccccc1C#N)C(=O)Nc1cccc(C#N)c1. The molecule has 0 saturated heterocycles. The van der Waals surface area contributed by atoms with E-state index in [2.05, 4.69) is 5.32 Å². The number of esters is 1. The van der Waals surface area contributed by atoms with Gasteiger partial charge in [0.15, 0.2) is 12.7 Å². The van der Waals surface area contributed by atoms with Crippen molar-refractivity contribution in [3.8, 4) is 17.9 Å². The Bertz CT molecular complexity index is 896. The number of carbonyl (C=O) groups excluding carboxylic acids is 2. The van der Waals surface area contributed by atoms with Gasteiger partial charge < -0.3 is 14.8 Å². The second-order valence-electron chi connectivity index (χ2n) is 5.21. The van der Waals surface area contributed by atoms with Crippen molar-refractivity contribution in [2.45, 2.75) is 13.0 Å². The van der Waals surface area contributed by atoms with Crippen LogP contribution in [0, 0.1) is 22.7 Å². The minimum absolute atomic E-state index is 0.261. The molecule has 0 aliphatic rings. The lowest BCUT2D eigenvalue weighted by Crippen LogP contribution is -2.31. The third-order valence-electron chi connectivity index (χ3n) is 3.29. The Morgan fingerprint density at radius 2 is 1.88 bits per heavy atom. The molecule has 7 heteroatoms. The zero-order valence-electron chi connectivity index (χ0n) is 13.9. The molecule has 1 amide bonds. The van der Waals surface area contributed by atoms with Crippen LogP contribution in [0.1, 0.15) is 18.1 Å². The summed E-state index contributed by atoms with van der Waals surface area (Å²) in [5.41, 5.74) is 1.12. The highest BCUT2D eigenvalue weighted by Gasteiger charge is 2.18. The molecule has 1 N–H and O–H groups in total. The first kappa shape index (κ1) is 18.5. The maximum Gasteiger partial charge on any atom is 0.344 e. The molecule has 2 aromatic rings. The van der Waals surface area contributed by atoms with Crippen LogP contribution in [0.3, 0.4) is 0 Å². The molecule has 0 aliphatic carbocycles. The van der Waals surface area contributed by atoms with Gasteiger partial charge in [0.05, 0.1) is 17.2 Å². The van der Waals surface area contributed by atoms with Gasteiger partial charge in [0, 0.05) is 5.69 Å². The number of amides is 1. The first-order chi connectivity index (χ1) is 12.5. The van der Waals surface area contributed by atoms with E-state index in [1.807, 2.05) is 12.1 Å². The predicted octanol–water partition coefficient (Wildman–Crippen LogP) is 2.38. The summed E-state index contributed by atoms with van der Waals surface area (Å²) in [5.74, 6) is -1.02. The Labute approximate surface area is 150 Å². The van der Waals surface area contributed by atoms with Gasteiger partial charge in [0.2, 0.25) is 0 Å². The minimum atomic E-state index is -1.05. The fourth-order valence-corrected chi connectivity index (χ4v) is 2.02. The number of hydrogen-bond donors (Lipinski definition) is 1.